The smallest absolute Gasteiger partial charge is 0.416 e. The third kappa shape index (κ3) is 16.6. The first-order valence-electron chi connectivity index (χ1n) is 19.7. The van der Waals surface area contributed by atoms with Crippen LogP contribution in [0.3, 0.4) is 0 Å². The van der Waals surface area contributed by atoms with Crippen molar-refractivity contribution in [3.05, 3.63) is 141 Å². The monoisotopic (exact) mass is 971 g/mol. The van der Waals surface area contributed by atoms with Gasteiger partial charge < -0.3 is 40.8 Å². The molecule has 3 aromatic carbocycles. The zero-order valence-corrected chi connectivity index (χ0v) is 37.0. The highest BCUT2D eigenvalue weighted by Crippen LogP contribution is 2.35. The van der Waals surface area contributed by atoms with E-state index in [0.29, 0.717) is 17.1 Å². The number of hydrogen-bond acceptors (Lipinski definition) is 11. The van der Waals surface area contributed by atoms with Gasteiger partial charge in [-0.1, -0.05) is 68.8 Å². The van der Waals surface area contributed by atoms with Crippen LogP contribution in [-0.2, 0) is 18.5 Å². The van der Waals surface area contributed by atoms with E-state index in [1.807, 2.05) is 27.7 Å². The fourth-order valence-corrected chi connectivity index (χ4v) is 5.28. The first kappa shape index (κ1) is 57.0. The number of amides is 2. The highest BCUT2D eigenvalue weighted by Gasteiger charge is 2.34. The predicted molar refractivity (Wildman–Crippen MR) is 233 cm³/mol. The number of alkyl halides is 9. The number of carboxylic acids is 1. The fraction of sp³-hybridized carbons (Fsp3) is 0.333. The molecule has 0 aliphatic carbocycles. The summed E-state index contributed by atoms with van der Waals surface area (Å²) < 4.78 is 128. The zero-order chi connectivity index (χ0) is 50.8. The van der Waals surface area contributed by atoms with Gasteiger partial charge >= 0.3 is 24.5 Å². The quantitative estimate of drug-likeness (QED) is 0.0709. The van der Waals surface area contributed by atoms with Crippen molar-refractivity contribution in [2.24, 2.45) is 5.73 Å². The summed E-state index contributed by atoms with van der Waals surface area (Å²) in [6.07, 6.45) is -13.3. The Morgan fingerprint density at radius 2 is 0.868 bits per heavy atom. The van der Waals surface area contributed by atoms with Crippen LogP contribution in [0.15, 0.2) is 86.4 Å². The molecule has 0 radical (unpaired) electrons. The molecular formula is C45H50F9N7O7. The standard InChI is InChI=1S/C15H15F3N2O2.C14H14F3N3O2.C8H8F3N.C7H9NO3.CH4/c1-8(2)12-7-13(22-20-12)14(21)19-10-5-4-9(3)11(6-10)15(16,17)18;1-7-3-4-9(5-10(7)14(15,16)17)19-13(21)12-6-11(8(2)18)20-22-12;1-5-2-3-6(12)4-7(5)8(9,10)11;1-4(2)5-3-6(7(9)10)11-8-5;/h4-8H,1-3H3,(H,19,21);3-6,8H,18H2,1-2H3,(H,19,21);2-4H,12H2,1H3;3-4H,1-2H3,(H,9,10);1H4/t;8-;;;/m.1.../s1. The second kappa shape index (κ2) is 23.5. The lowest BCUT2D eigenvalue weighted by Crippen LogP contribution is -2.13. The van der Waals surface area contributed by atoms with Gasteiger partial charge in [-0.05, 0) is 92.6 Å². The van der Waals surface area contributed by atoms with Gasteiger partial charge in [0.05, 0.1) is 28.1 Å². The van der Waals surface area contributed by atoms with E-state index in [4.69, 9.17) is 25.6 Å². The average Bonchev–Trinajstić information content (AvgIpc) is 4.02. The van der Waals surface area contributed by atoms with Crippen molar-refractivity contribution in [2.75, 3.05) is 16.4 Å². The Kier molecular flexibility index (Phi) is 19.7. The van der Waals surface area contributed by atoms with Crippen LogP contribution in [0, 0.1) is 20.8 Å². The molecule has 68 heavy (non-hydrogen) atoms. The van der Waals surface area contributed by atoms with Crippen LogP contribution in [0.5, 0.6) is 0 Å². The van der Waals surface area contributed by atoms with Crippen LogP contribution in [0.4, 0.5) is 56.6 Å². The van der Waals surface area contributed by atoms with Gasteiger partial charge in [-0.3, -0.25) is 9.59 Å². The van der Waals surface area contributed by atoms with Crippen LogP contribution in [-0.4, -0.2) is 38.4 Å². The number of aromatic nitrogens is 3. The Hall–Kier alpha value is -7.17. The van der Waals surface area contributed by atoms with Crippen molar-refractivity contribution in [3.8, 4) is 0 Å². The zero-order valence-electron chi connectivity index (χ0n) is 37.0. The number of nitrogen functional groups attached to an aromatic ring is 1. The number of nitrogens with zero attached hydrogens (tertiary/aromatic N) is 3. The number of carbonyl (C=O) groups is 3. The van der Waals surface area contributed by atoms with Gasteiger partial charge in [0, 0.05) is 41.3 Å². The minimum Gasteiger partial charge on any atom is -0.475 e. The van der Waals surface area contributed by atoms with E-state index in [0.717, 1.165) is 18.2 Å². The first-order valence-corrected chi connectivity index (χ1v) is 19.7. The van der Waals surface area contributed by atoms with Gasteiger partial charge in [-0.25, -0.2) is 4.79 Å². The molecule has 0 fully saturated rings. The molecule has 0 aliphatic heterocycles. The molecule has 23 heteroatoms. The highest BCUT2D eigenvalue weighted by molar-refractivity contribution is 6.03. The lowest BCUT2D eigenvalue weighted by Gasteiger charge is -2.12. The highest BCUT2D eigenvalue weighted by atomic mass is 19.4. The number of carbonyl (C=O) groups excluding carboxylic acids is 2. The molecule has 6 aromatic rings. The van der Waals surface area contributed by atoms with Gasteiger partial charge in [-0.15, -0.1) is 0 Å². The largest absolute Gasteiger partial charge is 0.475 e. The van der Waals surface area contributed by atoms with Gasteiger partial charge in [0.2, 0.25) is 17.3 Å². The van der Waals surface area contributed by atoms with Crippen molar-refractivity contribution in [3.63, 3.8) is 0 Å². The van der Waals surface area contributed by atoms with Crippen LogP contribution in [0.25, 0.3) is 0 Å². The normalized spacial score (nSPS) is 11.8. The summed E-state index contributed by atoms with van der Waals surface area (Å²) in [6, 6.07) is 14.7. The number of aromatic carboxylic acids is 1. The van der Waals surface area contributed by atoms with Gasteiger partial charge in [0.1, 0.15) is 5.69 Å². The SMILES string of the molecule is C.CC(C)c1cc(C(=O)O)on1.Cc1ccc(N)cc1C(F)(F)F.Cc1ccc(NC(=O)c2cc(C(C)C)no2)cc1C(F)(F)F.Cc1ccc(NC(=O)c2cc([C@@H](C)N)no2)cc1C(F)(F)F. The minimum atomic E-state index is -4.49. The Bertz CT molecular complexity index is 2510. The van der Waals surface area contributed by atoms with Crippen LogP contribution < -0.4 is 22.1 Å². The summed E-state index contributed by atoms with van der Waals surface area (Å²) in [5.74, 6) is -2.40. The molecule has 0 saturated heterocycles. The molecule has 370 valence electrons. The lowest BCUT2D eigenvalue weighted by atomic mass is 10.1. The van der Waals surface area contributed by atoms with Crippen molar-refractivity contribution < 1.29 is 72.6 Å². The van der Waals surface area contributed by atoms with Crippen molar-refractivity contribution in [1.82, 2.24) is 15.5 Å². The second-order valence-electron chi connectivity index (χ2n) is 15.3. The Labute approximate surface area is 384 Å². The summed E-state index contributed by atoms with van der Waals surface area (Å²) in [6.45, 7) is 13.4. The summed E-state index contributed by atoms with van der Waals surface area (Å²) >= 11 is 0. The molecule has 0 saturated carbocycles. The molecule has 14 nitrogen and oxygen atoms in total. The maximum Gasteiger partial charge on any atom is 0.416 e. The van der Waals surface area contributed by atoms with E-state index in [1.54, 1.807) is 6.92 Å². The molecule has 0 unspecified atom stereocenters. The number of anilines is 3. The minimum absolute atomic E-state index is 0. The van der Waals surface area contributed by atoms with Gasteiger partial charge in [0.15, 0.2) is 0 Å². The number of nitrogens with one attached hydrogen (secondary N) is 2. The maximum absolute atomic E-state index is 12.8. The first-order chi connectivity index (χ1) is 30.9. The Morgan fingerprint density at radius 3 is 1.16 bits per heavy atom. The number of aryl methyl sites for hydroxylation is 3. The second-order valence-corrected chi connectivity index (χ2v) is 15.3. The third-order valence-corrected chi connectivity index (χ3v) is 9.06. The van der Waals surface area contributed by atoms with E-state index in [2.05, 4.69) is 30.6 Å². The summed E-state index contributed by atoms with van der Waals surface area (Å²) in [4.78, 5) is 34.2. The summed E-state index contributed by atoms with van der Waals surface area (Å²) in [7, 11) is 0. The van der Waals surface area contributed by atoms with E-state index >= 15 is 0 Å². The summed E-state index contributed by atoms with van der Waals surface area (Å²) in [5, 5.41) is 24.1. The van der Waals surface area contributed by atoms with Crippen LogP contribution in [0.2, 0.25) is 0 Å². The third-order valence-electron chi connectivity index (χ3n) is 9.06. The molecule has 7 N–H and O–H groups in total. The molecule has 6 rings (SSSR count). The van der Waals surface area contributed by atoms with Crippen LogP contribution >= 0.6 is 0 Å². The van der Waals surface area contributed by atoms with Gasteiger partial charge in [-0.2, -0.15) is 39.5 Å². The van der Waals surface area contributed by atoms with Gasteiger partial charge in [0.25, 0.3) is 11.8 Å². The Balaban J connectivity index is 0.000000324. The number of rotatable bonds is 8. The molecule has 0 spiro atoms. The van der Waals surface area contributed by atoms with E-state index in [-0.39, 0.29) is 70.3 Å². The van der Waals surface area contributed by atoms with E-state index in [9.17, 15) is 53.9 Å². The maximum atomic E-state index is 12.8. The Morgan fingerprint density at radius 1 is 0.544 bits per heavy atom. The molecule has 3 heterocycles. The van der Waals surface area contributed by atoms with Crippen molar-refractivity contribution in [2.45, 2.75) is 99.2 Å². The topological polar surface area (TPSA) is 226 Å². The molecule has 0 bridgehead atoms. The molecule has 1 atom stereocenters. The fourth-order valence-electron chi connectivity index (χ4n) is 5.28. The van der Waals surface area contributed by atoms with Crippen molar-refractivity contribution in [1.29, 1.82) is 0 Å². The van der Waals surface area contributed by atoms with E-state index in [1.165, 1.54) is 75.4 Å². The molecular weight excluding hydrogens is 922 g/mol. The average molecular weight is 972 g/mol. The summed E-state index contributed by atoms with van der Waals surface area (Å²) in [5.41, 5.74) is 10.8. The molecule has 3 aromatic heterocycles. The number of nitrogens with two attached hydrogens (primary N) is 2. The number of hydrogen-bond donors (Lipinski definition) is 5. The van der Waals surface area contributed by atoms with Crippen LogP contribution in [0.1, 0.15) is 142 Å². The molecule has 2 amide bonds. The van der Waals surface area contributed by atoms with E-state index < -0.39 is 59.0 Å². The van der Waals surface area contributed by atoms with Crippen molar-refractivity contribution >= 4 is 34.8 Å². The lowest BCUT2D eigenvalue weighted by molar-refractivity contribution is -0.138. The molecule has 0 aliphatic rings. The number of carboxylic acid groups (broad SMARTS) is 1. The number of halogens is 9. The number of benzene rings is 3. The predicted octanol–water partition coefficient (Wildman–Crippen LogP) is 12.4.